The summed E-state index contributed by atoms with van der Waals surface area (Å²) in [5, 5.41) is 20.9. The Morgan fingerprint density at radius 2 is 2.17 bits per heavy atom. The number of likely N-dealkylation sites (tertiary alicyclic amines) is 1. The molecule has 1 aliphatic carbocycles. The summed E-state index contributed by atoms with van der Waals surface area (Å²) in [6.45, 7) is 4.56. The van der Waals surface area contributed by atoms with Gasteiger partial charge in [0.05, 0.1) is 23.2 Å². The third-order valence-electron chi connectivity index (χ3n) is 5.54. The van der Waals surface area contributed by atoms with Crippen LogP contribution in [0.3, 0.4) is 0 Å². The molecule has 1 aromatic rings. The molecular formula is C17H23FN2O4. The van der Waals surface area contributed by atoms with Gasteiger partial charge in [0.2, 0.25) is 0 Å². The first-order chi connectivity index (χ1) is 11.5. The number of non-ortho nitro benzene ring substituents is 1. The van der Waals surface area contributed by atoms with Crippen LogP contribution in [0.25, 0.3) is 0 Å². The van der Waals surface area contributed by atoms with Gasteiger partial charge in [0, 0.05) is 36.6 Å². The van der Waals surface area contributed by atoms with Crippen LogP contribution < -0.4 is 0 Å². The van der Waals surface area contributed by atoms with Crippen molar-refractivity contribution in [3.8, 4) is 0 Å². The second-order valence-electron chi connectivity index (χ2n) is 6.74. The third kappa shape index (κ3) is 3.03. The van der Waals surface area contributed by atoms with E-state index < -0.39 is 10.7 Å². The third-order valence-corrected chi connectivity index (χ3v) is 5.54. The number of piperidine rings is 1. The normalized spacial score (nSPS) is 26.3. The van der Waals surface area contributed by atoms with E-state index in [0.717, 1.165) is 32.0 Å². The Balaban J connectivity index is 1.61. The van der Waals surface area contributed by atoms with Gasteiger partial charge >= 0.3 is 0 Å². The number of aliphatic hydroxyl groups is 1. The molecule has 1 aromatic carbocycles. The van der Waals surface area contributed by atoms with E-state index in [1.54, 1.807) is 0 Å². The minimum Gasteiger partial charge on any atom is -0.392 e. The zero-order chi connectivity index (χ0) is 17.3. The Morgan fingerprint density at radius 1 is 1.46 bits per heavy atom. The quantitative estimate of drug-likeness (QED) is 0.659. The highest BCUT2D eigenvalue weighted by atomic mass is 19.1. The Labute approximate surface area is 140 Å². The van der Waals surface area contributed by atoms with Crippen LogP contribution in [0.1, 0.15) is 31.7 Å². The van der Waals surface area contributed by atoms with Crippen LogP contribution in [-0.2, 0) is 11.3 Å². The molecule has 1 heterocycles. The van der Waals surface area contributed by atoms with Crippen molar-refractivity contribution in [1.82, 2.24) is 4.90 Å². The summed E-state index contributed by atoms with van der Waals surface area (Å²) in [6.07, 6.45) is 2.16. The number of hydrogen-bond acceptors (Lipinski definition) is 5. The molecule has 1 N–H and O–H groups in total. The predicted octanol–water partition coefficient (Wildman–Crippen LogP) is 2.49. The average Bonchev–Trinajstić information content (AvgIpc) is 2.57. The molecule has 0 aromatic heterocycles. The molecule has 24 heavy (non-hydrogen) atoms. The summed E-state index contributed by atoms with van der Waals surface area (Å²) < 4.78 is 19.8. The standard InChI is InChI=1S/C17H23FN2O4/c1-2-24-16-10-15(21)17(16)5-7-19(8-6-17)11-12-3-4-13(20(22)23)9-14(12)18/h3-4,9,15-16,21H,2,5-8,10-11H2,1H3. The van der Waals surface area contributed by atoms with Crippen molar-refractivity contribution in [2.45, 2.75) is 44.9 Å². The van der Waals surface area contributed by atoms with Crippen LogP contribution in [0, 0.1) is 21.3 Å². The number of nitro benzene ring substituents is 1. The van der Waals surface area contributed by atoms with Gasteiger partial charge in [-0.2, -0.15) is 0 Å². The van der Waals surface area contributed by atoms with Crippen LogP contribution >= 0.6 is 0 Å². The lowest BCUT2D eigenvalue weighted by molar-refractivity contribution is -0.385. The molecule has 2 unspecified atom stereocenters. The molecule has 0 bridgehead atoms. The first kappa shape index (κ1) is 17.3. The molecule has 1 aliphatic heterocycles. The van der Waals surface area contributed by atoms with E-state index in [9.17, 15) is 19.6 Å². The lowest BCUT2D eigenvalue weighted by Gasteiger charge is -2.56. The monoisotopic (exact) mass is 338 g/mol. The van der Waals surface area contributed by atoms with Crippen molar-refractivity contribution < 1.29 is 19.2 Å². The van der Waals surface area contributed by atoms with E-state index in [1.165, 1.54) is 12.1 Å². The Hall–Kier alpha value is -1.57. The molecule has 1 saturated carbocycles. The maximum Gasteiger partial charge on any atom is 0.272 e. The number of rotatable bonds is 5. The minimum absolute atomic E-state index is 0.121. The van der Waals surface area contributed by atoms with Gasteiger partial charge in [-0.05, 0) is 38.9 Å². The molecule has 1 spiro atoms. The summed E-state index contributed by atoms with van der Waals surface area (Å²) in [4.78, 5) is 12.2. The minimum atomic E-state index is -0.594. The van der Waals surface area contributed by atoms with E-state index in [1.807, 2.05) is 6.92 Å². The van der Waals surface area contributed by atoms with Gasteiger partial charge in [0.1, 0.15) is 5.82 Å². The topological polar surface area (TPSA) is 75.8 Å². The molecule has 0 amide bonds. The van der Waals surface area contributed by atoms with E-state index >= 15 is 0 Å². The van der Waals surface area contributed by atoms with Crippen LogP contribution in [0.15, 0.2) is 18.2 Å². The highest BCUT2D eigenvalue weighted by molar-refractivity contribution is 5.34. The lowest BCUT2D eigenvalue weighted by atomic mass is 9.58. The molecule has 6 nitrogen and oxygen atoms in total. The number of halogens is 1. The number of ether oxygens (including phenoxy) is 1. The fourth-order valence-electron chi connectivity index (χ4n) is 3.96. The van der Waals surface area contributed by atoms with Gasteiger partial charge < -0.3 is 9.84 Å². The molecule has 132 valence electrons. The van der Waals surface area contributed by atoms with Crippen LogP contribution in [0.5, 0.6) is 0 Å². The molecule has 3 rings (SSSR count). The maximum atomic E-state index is 14.0. The van der Waals surface area contributed by atoms with Gasteiger partial charge in [-0.25, -0.2) is 4.39 Å². The second kappa shape index (κ2) is 6.74. The number of nitrogens with zero attached hydrogens (tertiary/aromatic N) is 2. The van der Waals surface area contributed by atoms with E-state index in [2.05, 4.69) is 4.90 Å². The smallest absolute Gasteiger partial charge is 0.272 e. The lowest BCUT2D eigenvalue weighted by Crippen LogP contribution is -2.62. The van der Waals surface area contributed by atoms with Crippen molar-refractivity contribution in [3.05, 3.63) is 39.7 Å². The van der Waals surface area contributed by atoms with Crippen LogP contribution in [0.4, 0.5) is 10.1 Å². The van der Waals surface area contributed by atoms with E-state index in [4.69, 9.17) is 4.74 Å². The molecule has 1 saturated heterocycles. The molecule has 7 heteroatoms. The van der Waals surface area contributed by atoms with Crippen molar-refractivity contribution in [3.63, 3.8) is 0 Å². The summed E-state index contributed by atoms with van der Waals surface area (Å²) >= 11 is 0. The SMILES string of the molecule is CCOC1CC(O)C12CCN(Cc1ccc([N+](=O)[O-])cc1F)CC2. The van der Waals surface area contributed by atoms with Crippen molar-refractivity contribution in [2.75, 3.05) is 19.7 Å². The van der Waals surface area contributed by atoms with Crippen molar-refractivity contribution in [1.29, 1.82) is 0 Å². The first-order valence-electron chi connectivity index (χ1n) is 8.41. The van der Waals surface area contributed by atoms with Crippen molar-refractivity contribution >= 4 is 5.69 Å². The largest absolute Gasteiger partial charge is 0.392 e. The Morgan fingerprint density at radius 3 is 2.71 bits per heavy atom. The number of nitro groups is 1. The zero-order valence-electron chi connectivity index (χ0n) is 13.8. The molecule has 2 fully saturated rings. The summed E-state index contributed by atoms with van der Waals surface area (Å²) in [6, 6.07) is 3.80. The molecule has 2 aliphatic rings. The first-order valence-corrected chi connectivity index (χ1v) is 8.41. The summed E-state index contributed by atoms with van der Waals surface area (Å²) in [5.41, 5.74) is 0.0821. The van der Waals surface area contributed by atoms with Gasteiger partial charge in [-0.15, -0.1) is 0 Å². The van der Waals surface area contributed by atoms with Gasteiger partial charge in [-0.3, -0.25) is 15.0 Å². The maximum absolute atomic E-state index is 14.0. The van der Waals surface area contributed by atoms with Crippen LogP contribution in [0.2, 0.25) is 0 Å². The zero-order valence-corrected chi connectivity index (χ0v) is 13.8. The number of benzene rings is 1. The van der Waals surface area contributed by atoms with E-state index in [-0.39, 0.29) is 23.3 Å². The van der Waals surface area contributed by atoms with Gasteiger partial charge in [0.15, 0.2) is 0 Å². The molecule has 0 radical (unpaired) electrons. The van der Waals surface area contributed by atoms with Crippen LogP contribution in [-0.4, -0.2) is 46.8 Å². The molecular weight excluding hydrogens is 315 g/mol. The molecule has 2 atom stereocenters. The Bertz CT molecular complexity index is 615. The Kier molecular flexibility index (Phi) is 4.85. The fraction of sp³-hybridized carbons (Fsp3) is 0.647. The highest BCUT2D eigenvalue weighted by Gasteiger charge is 2.55. The summed E-state index contributed by atoms with van der Waals surface area (Å²) in [7, 11) is 0. The predicted molar refractivity (Wildman–Crippen MR) is 86.0 cm³/mol. The fourth-order valence-corrected chi connectivity index (χ4v) is 3.96. The number of aliphatic hydroxyl groups excluding tert-OH is 1. The van der Waals surface area contributed by atoms with Crippen molar-refractivity contribution in [2.24, 2.45) is 5.41 Å². The van der Waals surface area contributed by atoms with E-state index in [0.29, 0.717) is 25.1 Å². The highest BCUT2D eigenvalue weighted by Crippen LogP contribution is 2.51. The average molecular weight is 338 g/mol. The summed E-state index contributed by atoms with van der Waals surface area (Å²) in [5.74, 6) is -0.541. The van der Waals surface area contributed by atoms with Gasteiger partial charge in [0.25, 0.3) is 5.69 Å². The second-order valence-corrected chi connectivity index (χ2v) is 6.74. The van der Waals surface area contributed by atoms with Gasteiger partial charge in [-0.1, -0.05) is 0 Å². The number of hydrogen-bond donors (Lipinski definition) is 1.